The summed E-state index contributed by atoms with van der Waals surface area (Å²) in [5.74, 6) is 0.597. The highest BCUT2D eigenvalue weighted by atomic mass is 32.1. The van der Waals surface area contributed by atoms with Crippen molar-refractivity contribution >= 4 is 11.3 Å². The summed E-state index contributed by atoms with van der Waals surface area (Å²) in [6.45, 7) is 4.79. The second-order valence-corrected chi connectivity index (χ2v) is 8.97. The van der Waals surface area contributed by atoms with E-state index in [2.05, 4.69) is 42.8 Å². The molecule has 7 nitrogen and oxygen atoms in total. The molecular weight excluding hydrogens is 463 g/mol. The van der Waals surface area contributed by atoms with Gasteiger partial charge in [0.15, 0.2) is 5.82 Å². The molecule has 0 N–H and O–H groups in total. The molecule has 1 saturated heterocycles. The highest BCUT2D eigenvalue weighted by molar-refractivity contribution is 7.13. The average Bonchev–Trinajstić information content (AvgIpc) is 3.50. The molecule has 0 unspecified atom stereocenters. The number of tetrazole rings is 1. The molecule has 4 aromatic rings. The zero-order valence-corrected chi connectivity index (χ0v) is 19.0. The first-order valence-electron chi connectivity index (χ1n) is 10.9. The van der Waals surface area contributed by atoms with E-state index < -0.39 is 11.7 Å². The summed E-state index contributed by atoms with van der Waals surface area (Å²) in [5.41, 5.74) is 2.01. The van der Waals surface area contributed by atoms with Gasteiger partial charge in [-0.1, -0.05) is 30.3 Å². The van der Waals surface area contributed by atoms with Crippen LogP contribution in [0.1, 0.15) is 17.1 Å². The van der Waals surface area contributed by atoms with Crippen molar-refractivity contribution in [1.82, 2.24) is 35.0 Å². The van der Waals surface area contributed by atoms with E-state index in [4.69, 9.17) is 4.98 Å². The molecule has 1 fully saturated rings. The van der Waals surface area contributed by atoms with E-state index in [0.717, 1.165) is 61.1 Å². The maximum absolute atomic E-state index is 12.8. The van der Waals surface area contributed by atoms with Crippen molar-refractivity contribution < 1.29 is 13.2 Å². The van der Waals surface area contributed by atoms with Gasteiger partial charge in [-0.15, -0.1) is 16.4 Å². The van der Waals surface area contributed by atoms with Crippen LogP contribution in [0.25, 0.3) is 16.3 Å². The van der Waals surface area contributed by atoms with Crippen LogP contribution in [0.15, 0.2) is 60.0 Å². The molecule has 0 amide bonds. The number of alkyl halides is 3. The van der Waals surface area contributed by atoms with E-state index in [1.54, 1.807) is 11.3 Å². The number of thiazole rings is 1. The number of piperazine rings is 1. The summed E-state index contributed by atoms with van der Waals surface area (Å²) >= 11 is 1.66. The molecule has 2 aromatic heterocycles. The van der Waals surface area contributed by atoms with Gasteiger partial charge in [0.1, 0.15) is 5.01 Å². The zero-order chi connectivity index (χ0) is 23.5. The van der Waals surface area contributed by atoms with E-state index in [-0.39, 0.29) is 0 Å². The standard InChI is InChI=1S/C23H22F3N7S/c24-23(25,26)18-6-8-20(9-7-18)33-21(28-29-30-33)15-32-12-10-31(11-13-32)14-19-16-34-22(27-19)17-4-2-1-3-5-17/h1-9,16H,10-15H2. The van der Waals surface area contributed by atoms with Crippen LogP contribution in [0, 0.1) is 0 Å². The fraction of sp³-hybridized carbons (Fsp3) is 0.304. The number of hydrogen-bond donors (Lipinski definition) is 0. The van der Waals surface area contributed by atoms with Gasteiger partial charge in [-0.05, 0) is 34.7 Å². The van der Waals surface area contributed by atoms with Crippen LogP contribution in [-0.2, 0) is 19.3 Å². The van der Waals surface area contributed by atoms with Crippen molar-refractivity contribution in [2.75, 3.05) is 26.2 Å². The van der Waals surface area contributed by atoms with E-state index in [1.807, 2.05) is 18.2 Å². The Kier molecular flexibility index (Phi) is 6.40. The van der Waals surface area contributed by atoms with Gasteiger partial charge in [0.25, 0.3) is 0 Å². The summed E-state index contributed by atoms with van der Waals surface area (Å²) in [6.07, 6.45) is -4.37. The molecule has 1 aliphatic rings. The summed E-state index contributed by atoms with van der Waals surface area (Å²) in [5, 5.41) is 14.9. The largest absolute Gasteiger partial charge is 0.416 e. The predicted molar refractivity (Wildman–Crippen MR) is 122 cm³/mol. The normalized spacial score (nSPS) is 15.6. The number of rotatable bonds is 6. The maximum Gasteiger partial charge on any atom is 0.416 e. The number of benzene rings is 2. The second-order valence-electron chi connectivity index (χ2n) is 8.11. The highest BCUT2D eigenvalue weighted by Crippen LogP contribution is 2.29. The van der Waals surface area contributed by atoms with E-state index in [9.17, 15) is 13.2 Å². The van der Waals surface area contributed by atoms with Crippen molar-refractivity contribution in [2.24, 2.45) is 0 Å². The molecule has 0 saturated carbocycles. The Hall–Kier alpha value is -3.15. The first kappa shape index (κ1) is 22.6. The maximum atomic E-state index is 12.8. The molecule has 1 aliphatic heterocycles. The first-order chi connectivity index (χ1) is 16.5. The minimum absolute atomic E-state index is 0.504. The summed E-state index contributed by atoms with van der Waals surface area (Å²) < 4.78 is 40.0. The average molecular weight is 486 g/mol. The lowest BCUT2D eigenvalue weighted by Crippen LogP contribution is -2.45. The van der Waals surface area contributed by atoms with Crippen LogP contribution in [-0.4, -0.2) is 61.2 Å². The molecule has 0 bridgehead atoms. The van der Waals surface area contributed by atoms with Crippen LogP contribution in [0.5, 0.6) is 0 Å². The predicted octanol–water partition coefficient (Wildman–Crippen LogP) is 4.12. The van der Waals surface area contributed by atoms with Crippen LogP contribution < -0.4 is 0 Å². The lowest BCUT2D eigenvalue weighted by molar-refractivity contribution is -0.137. The van der Waals surface area contributed by atoms with Gasteiger partial charge in [0.05, 0.1) is 23.5 Å². The third-order valence-corrected chi connectivity index (χ3v) is 6.70. The van der Waals surface area contributed by atoms with Gasteiger partial charge in [-0.3, -0.25) is 9.80 Å². The quantitative estimate of drug-likeness (QED) is 0.410. The molecule has 11 heteroatoms. The van der Waals surface area contributed by atoms with Crippen molar-refractivity contribution in [3.8, 4) is 16.3 Å². The van der Waals surface area contributed by atoms with Gasteiger partial charge in [0, 0.05) is 43.7 Å². The van der Waals surface area contributed by atoms with E-state index in [1.165, 1.54) is 16.8 Å². The molecule has 0 radical (unpaired) electrons. The Morgan fingerprint density at radius 1 is 0.853 bits per heavy atom. The topological polar surface area (TPSA) is 63.0 Å². The first-order valence-corrected chi connectivity index (χ1v) is 11.7. The Bertz CT molecular complexity index is 1210. The molecule has 176 valence electrons. The van der Waals surface area contributed by atoms with Crippen molar-refractivity contribution in [1.29, 1.82) is 0 Å². The summed E-state index contributed by atoms with van der Waals surface area (Å²) in [4.78, 5) is 9.41. The van der Waals surface area contributed by atoms with E-state index >= 15 is 0 Å². The van der Waals surface area contributed by atoms with Gasteiger partial charge >= 0.3 is 6.18 Å². The Morgan fingerprint density at radius 3 is 2.21 bits per heavy atom. The van der Waals surface area contributed by atoms with Gasteiger partial charge in [0.2, 0.25) is 0 Å². The number of aromatic nitrogens is 5. The number of nitrogens with zero attached hydrogens (tertiary/aromatic N) is 7. The molecule has 5 rings (SSSR count). The lowest BCUT2D eigenvalue weighted by atomic mass is 10.2. The molecule has 0 spiro atoms. The lowest BCUT2D eigenvalue weighted by Gasteiger charge is -2.33. The fourth-order valence-corrected chi connectivity index (χ4v) is 4.74. The van der Waals surface area contributed by atoms with Gasteiger partial charge < -0.3 is 0 Å². The Labute approximate surface area is 198 Å². The minimum Gasteiger partial charge on any atom is -0.295 e. The van der Waals surface area contributed by atoms with Crippen molar-refractivity contribution in [3.63, 3.8) is 0 Å². The second kappa shape index (κ2) is 9.61. The highest BCUT2D eigenvalue weighted by Gasteiger charge is 2.30. The SMILES string of the molecule is FC(F)(F)c1ccc(-n2nnnc2CN2CCN(Cc3csc(-c4ccccc4)n3)CC2)cc1. The van der Waals surface area contributed by atoms with Crippen molar-refractivity contribution in [3.05, 3.63) is 77.1 Å². The monoisotopic (exact) mass is 485 g/mol. The molecule has 0 atom stereocenters. The Balaban J connectivity index is 1.16. The summed E-state index contributed by atoms with van der Waals surface area (Å²) in [6, 6.07) is 15.0. The fourth-order valence-electron chi connectivity index (χ4n) is 3.92. The number of hydrogen-bond acceptors (Lipinski definition) is 7. The molecule has 34 heavy (non-hydrogen) atoms. The zero-order valence-electron chi connectivity index (χ0n) is 18.2. The molecule has 2 aromatic carbocycles. The van der Waals surface area contributed by atoms with Gasteiger partial charge in [-0.2, -0.15) is 17.9 Å². The van der Waals surface area contributed by atoms with Crippen LogP contribution in [0.4, 0.5) is 13.2 Å². The third kappa shape index (κ3) is 5.16. The Morgan fingerprint density at radius 2 is 1.53 bits per heavy atom. The van der Waals surface area contributed by atoms with Crippen LogP contribution in [0.2, 0.25) is 0 Å². The number of halogens is 3. The minimum atomic E-state index is -4.37. The third-order valence-electron chi connectivity index (χ3n) is 5.76. The van der Waals surface area contributed by atoms with E-state index in [0.29, 0.717) is 18.1 Å². The molecule has 0 aliphatic carbocycles. The van der Waals surface area contributed by atoms with Crippen LogP contribution in [0.3, 0.4) is 0 Å². The van der Waals surface area contributed by atoms with Crippen LogP contribution >= 0.6 is 11.3 Å². The van der Waals surface area contributed by atoms with Crippen molar-refractivity contribution in [2.45, 2.75) is 19.3 Å². The van der Waals surface area contributed by atoms with Gasteiger partial charge in [-0.25, -0.2) is 4.98 Å². The molecule has 3 heterocycles. The summed E-state index contributed by atoms with van der Waals surface area (Å²) in [7, 11) is 0. The molecular formula is C23H22F3N7S. The smallest absolute Gasteiger partial charge is 0.295 e.